The zero-order valence-electron chi connectivity index (χ0n) is 7.23. The largest absolute Gasteiger partial charge is 0.390 e. The van der Waals surface area contributed by atoms with Crippen LogP contribution in [0.4, 0.5) is 0 Å². The molecule has 0 amide bonds. The molecule has 13 heavy (non-hydrogen) atoms. The molecule has 1 aromatic carbocycles. The van der Waals surface area contributed by atoms with Crippen LogP contribution in [-0.2, 0) is 0 Å². The van der Waals surface area contributed by atoms with E-state index in [1.54, 1.807) is 6.21 Å². The van der Waals surface area contributed by atoms with E-state index in [0.717, 1.165) is 5.56 Å². The average molecular weight is 198 g/mol. The summed E-state index contributed by atoms with van der Waals surface area (Å²) in [5.74, 6) is 0.228. The van der Waals surface area contributed by atoms with Gasteiger partial charge in [-0.3, -0.25) is 4.99 Å². The molecular formula is C10H12ClNO. The molecule has 70 valence electrons. The lowest BCUT2D eigenvalue weighted by molar-refractivity contribution is 0.207. The first-order chi connectivity index (χ1) is 6.33. The van der Waals surface area contributed by atoms with Gasteiger partial charge in [-0.2, -0.15) is 0 Å². The normalized spacial score (nSPS) is 13.4. The van der Waals surface area contributed by atoms with Crippen LogP contribution in [0, 0.1) is 0 Å². The van der Waals surface area contributed by atoms with Gasteiger partial charge in [-0.15, -0.1) is 11.6 Å². The van der Waals surface area contributed by atoms with Crippen LogP contribution < -0.4 is 0 Å². The molecular weight excluding hydrogens is 186 g/mol. The second kappa shape index (κ2) is 5.73. The second-order valence-electron chi connectivity index (χ2n) is 2.71. The predicted molar refractivity (Wildman–Crippen MR) is 55.6 cm³/mol. The molecule has 1 aromatic rings. The molecule has 0 saturated carbocycles. The summed E-state index contributed by atoms with van der Waals surface area (Å²) in [7, 11) is 0. The quantitative estimate of drug-likeness (QED) is 0.579. The number of aliphatic hydroxyl groups is 1. The molecule has 0 spiro atoms. The van der Waals surface area contributed by atoms with E-state index in [2.05, 4.69) is 4.99 Å². The number of alkyl halides is 1. The third-order valence-electron chi connectivity index (χ3n) is 1.53. The molecule has 0 saturated heterocycles. The Labute approximate surface area is 82.9 Å². The third-order valence-corrected chi connectivity index (χ3v) is 1.89. The van der Waals surface area contributed by atoms with Crippen molar-refractivity contribution in [2.75, 3.05) is 12.4 Å². The van der Waals surface area contributed by atoms with E-state index in [0.29, 0.717) is 6.54 Å². The van der Waals surface area contributed by atoms with Crippen LogP contribution in [-0.4, -0.2) is 29.8 Å². The SMILES string of the molecule is O[C@H](CCl)CN=Cc1ccccc1. The Bertz CT molecular complexity index is 261. The van der Waals surface area contributed by atoms with E-state index in [9.17, 15) is 0 Å². The highest BCUT2D eigenvalue weighted by Gasteiger charge is 1.97. The summed E-state index contributed by atoms with van der Waals surface area (Å²) in [6.07, 6.45) is 1.19. The highest BCUT2D eigenvalue weighted by Crippen LogP contribution is 1.95. The summed E-state index contributed by atoms with van der Waals surface area (Å²) < 4.78 is 0. The zero-order chi connectivity index (χ0) is 9.52. The molecule has 0 radical (unpaired) electrons. The monoisotopic (exact) mass is 197 g/mol. The highest BCUT2D eigenvalue weighted by atomic mass is 35.5. The molecule has 1 rings (SSSR count). The summed E-state index contributed by atoms with van der Waals surface area (Å²) in [5, 5.41) is 9.09. The first kappa shape index (κ1) is 10.2. The van der Waals surface area contributed by atoms with Gasteiger partial charge in [-0.1, -0.05) is 30.3 Å². The smallest absolute Gasteiger partial charge is 0.0870 e. The topological polar surface area (TPSA) is 32.6 Å². The molecule has 0 fully saturated rings. The number of halogens is 1. The van der Waals surface area contributed by atoms with E-state index in [4.69, 9.17) is 16.7 Å². The molecule has 0 bridgehead atoms. The van der Waals surface area contributed by atoms with Gasteiger partial charge < -0.3 is 5.11 Å². The van der Waals surface area contributed by atoms with E-state index < -0.39 is 6.10 Å². The van der Waals surface area contributed by atoms with E-state index in [-0.39, 0.29) is 5.88 Å². The standard InChI is InChI=1S/C10H12ClNO/c11-6-10(13)8-12-7-9-4-2-1-3-5-9/h1-5,7,10,13H,6,8H2/t10-/m1/s1. The van der Waals surface area contributed by atoms with Gasteiger partial charge in [0.25, 0.3) is 0 Å². The van der Waals surface area contributed by atoms with Crippen molar-refractivity contribution in [3.05, 3.63) is 35.9 Å². The molecule has 2 nitrogen and oxygen atoms in total. The molecule has 0 aliphatic rings. The minimum Gasteiger partial charge on any atom is -0.390 e. The number of rotatable bonds is 4. The highest BCUT2D eigenvalue weighted by molar-refractivity contribution is 6.18. The number of aliphatic imine (C=N–C) groups is 1. The minimum absolute atomic E-state index is 0.228. The van der Waals surface area contributed by atoms with Crippen molar-refractivity contribution in [1.82, 2.24) is 0 Å². The van der Waals surface area contributed by atoms with Gasteiger partial charge in [-0.05, 0) is 5.56 Å². The van der Waals surface area contributed by atoms with Crippen molar-refractivity contribution in [3.8, 4) is 0 Å². The molecule has 1 atom stereocenters. The summed E-state index contributed by atoms with van der Waals surface area (Å²) in [4.78, 5) is 4.05. The maximum Gasteiger partial charge on any atom is 0.0870 e. The van der Waals surface area contributed by atoms with Crippen molar-refractivity contribution >= 4 is 17.8 Å². The zero-order valence-corrected chi connectivity index (χ0v) is 7.98. The van der Waals surface area contributed by atoms with Crippen LogP contribution in [0.3, 0.4) is 0 Å². The van der Waals surface area contributed by atoms with Crippen molar-refractivity contribution in [2.24, 2.45) is 4.99 Å². The van der Waals surface area contributed by atoms with Gasteiger partial charge in [0.05, 0.1) is 18.5 Å². The van der Waals surface area contributed by atoms with Gasteiger partial charge in [-0.25, -0.2) is 0 Å². The number of aliphatic hydroxyl groups excluding tert-OH is 1. The summed E-state index contributed by atoms with van der Waals surface area (Å²) in [6, 6.07) is 9.75. The number of nitrogens with zero attached hydrogens (tertiary/aromatic N) is 1. The third kappa shape index (κ3) is 4.06. The summed E-state index contributed by atoms with van der Waals surface area (Å²) in [5.41, 5.74) is 1.03. The van der Waals surface area contributed by atoms with Crippen LogP contribution in [0.2, 0.25) is 0 Å². The first-order valence-electron chi connectivity index (χ1n) is 4.12. The molecule has 0 aliphatic carbocycles. The van der Waals surface area contributed by atoms with Crippen molar-refractivity contribution < 1.29 is 5.11 Å². The van der Waals surface area contributed by atoms with E-state index in [1.165, 1.54) is 0 Å². The Hall–Kier alpha value is -0.860. The number of benzene rings is 1. The molecule has 3 heteroatoms. The fourth-order valence-corrected chi connectivity index (χ4v) is 0.965. The average Bonchev–Trinajstić information content (AvgIpc) is 2.19. The minimum atomic E-state index is -0.540. The Morgan fingerprint density at radius 1 is 1.38 bits per heavy atom. The number of hydrogen-bond acceptors (Lipinski definition) is 2. The fourth-order valence-electron chi connectivity index (χ4n) is 0.868. The number of hydrogen-bond donors (Lipinski definition) is 1. The van der Waals surface area contributed by atoms with Crippen LogP contribution in [0.15, 0.2) is 35.3 Å². The van der Waals surface area contributed by atoms with E-state index in [1.807, 2.05) is 30.3 Å². The molecule has 0 heterocycles. The maximum absolute atomic E-state index is 9.09. The van der Waals surface area contributed by atoms with Crippen molar-refractivity contribution in [3.63, 3.8) is 0 Å². The molecule has 1 N–H and O–H groups in total. The Morgan fingerprint density at radius 2 is 2.08 bits per heavy atom. The molecule has 0 aromatic heterocycles. The van der Waals surface area contributed by atoms with Crippen LogP contribution in [0.25, 0.3) is 0 Å². The molecule has 0 aliphatic heterocycles. The fraction of sp³-hybridized carbons (Fsp3) is 0.300. The summed E-state index contributed by atoms with van der Waals surface area (Å²) >= 11 is 5.41. The van der Waals surface area contributed by atoms with Gasteiger partial charge in [0, 0.05) is 6.21 Å². The molecule has 0 unspecified atom stereocenters. The van der Waals surface area contributed by atoms with Gasteiger partial charge >= 0.3 is 0 Å². The predicted octanol–water partition coefficient (Wildman–Crippen LogP) is 1.71. The summed E-state index contributed by atoms with van der Waals surface area (Å²) in [6.45, 7) is 0.360. The van der Waals surface area contributed by atoms with Crippen molar-refractivity contribution in [1.29, 1.82) is 0 Å². The second-order valence-corrected chi connectivity index (χ2v) is 3.02. The maximum atomic E-state index is 9.09. The van der Waals surface area contributed by atoms with Crippen molar-refractivity contribution in [2.45, 2.75) is 6.10 Å². The van der Waals surface area contributed by atoms with Crippen LogP contribution >= 0.6 is 11.6 Å². The van der Waals surface area contributed by atoms with Gasteiger partial charge in [0.15, 0.2) is 0 Å². The lowest BCUT2D eigenvalue weighted by Gasteiger charge is -1.99. The Morgan fingerprint density at radius 3 is 2.69 bits per heavy atom. The lowest BCUT2D eigenvalue weighted by atomic mass is 10.2. The van der Waals surface area contributed by atoms with E-state index >= 15 is 0 Å². The van der Waals surface area contributed by atoms with Gasteiger partial charge in [0.2, 0.25) is 0 Å². The Kier molecular flexibility index (Phi) is 4.50. The van der Waals surface area contributed by atoms with Gasteiger partial charge in [0.1, 0.15) is 0 Å². The first-order valence-corrected chi connectivity index (χ1v) is 4.65. The van der Waals surface area contributed by atoms with Crippen LogP contribution in [0.5, 0.6) is 0 Å². The lowest BCUT2D eigenvalue weighted by Crippen LogP contribution is -2.12. The Balaban J connectivity index is 2.41. The van der Waals surface area contributed by atoms with Crippen LogP contribution in [0.1, 0.15) is 5.56 Å².